The molecule has 0 aromatic heterocycles. The maximum Gasteiger partial charge on any atom is 0.255 e. The van der Waals surface area contributed by atoms with E-state index < -0.39 is 6.04 Å². The molecule has 0 aliphatic carbocycles. The van der Waals surface area contributed by atoms with Crippen LogP contribution >= 0.6 is 0 Å². The van der Waals surface area contributed by atoms with Gasteiger partial charge in [-0.1, -0.05) is 66.7 Å². The predicted molar refractivity (Wildman–Crippen MR) is 120 cm³/mol. The van der Waals surface area contributed by atoms with Crippen LogP contribution in [0.25, 0.3) is 0 Å². The van der Waals surface area contributed by atoms with Gasteiger partial charge in [0.25, 0.3) is 5.91 Å². The lowest BCUT2D eigenvalue weighted by Gasteiger charge is -2.25. The molecule has 5 heteroatoms. The van der Waals surface area contributed by atoms with E-state index in [0.717, 1.165) is 28.9 Å². The Morgan fingerprint density at radius 3 is 2.48 bits per heavy atom. The fourth-order valence-electron chi connectivity index (χ4n) is 4.00. The molecule has 0 spiro atoms. The Morgan fingerprint density at radius 1 is 0.968 bits per heavy atom. The van der Waals surface area contributed by atoms with E-state index in [9.17, 15) is 9.59 Å². The molecule has 1 atom stereocenters. The highest BCUT2D eigenvalue weighted by Crippen LogP contribution is 2.36. The van der Waals surface area contributed by atoms with Crippen molar-refractivity contribution >= 4 is 11.8 Å². The molecule has 2 amide bonds. The molecule has 1 aliphatic heterocycles. The third-order valence-electron chi connectivity index (χ3n) is 5.48. The fraction of sp³-hybridized carbons (Fsp3) is 0.231. The maximum atomic E-state index is 13.2. The van der Waals surface area contributed by atoms with Gasteiger partial charge in [-0.2, -0.15) is 0 Å². The smallest absolute Gasteiger partial charge is 0.255 e. The Labute approximate surface area is 182 Å². The van der Waals surface area contributed by atoms with Gasteiger partial charge in [-0.3, -0.25) is 9.59 Å². The fourth-order valence-corrected chi connectivity index (χ4v) is 4.00. The third kappa shape index (κ3) is 4.45. The number of fused-ring (bicyclic) bond motifs is 1. The van der Waals surface area contributed by atoms with Crippen molar-refractivity contribution in [1.29, 1.82) is 0 Å². The van der Waals surface area contributed by atoms with Crippen LogP contribution in [0.15, 0.2) is 78.9 Å². The summed E-state index contributed by atoms with van der Waals surface area (Å²) in [5.41, 5.74) is 3.37. The van der Waals surface area contributed by atoms with E-state index >= 15 is 0 Å². The first-order valence-corrected chi connectivity index (χ1v) is 10.6. The molecule has 0 bridgehead atoms. The van der Waals surface area contributed by atoms with Gasteiger partial charge in [0.05, 0.1) is 13.2 Å². The van der Waals surface area contributed by atoms with Crippen LogP contribution < -0.4 is 10.1 Å². The summed E-state index contributed by atoms with van der Waals surface area (Å²) in [6.45, 7) is 3.28. The second-order valence-electron chi connectivity index (χ2n) is 7.49. The summed E-state index contributed by atoms with van der Waals surface area (Å²) in [5, 5.41) is 3.03. The number of para-hydroxylation sites is 1. The van der Waals surface area contributed by atoms with Crippen molar-refractivity contribution in [2.45, 2.75) is 25.9 Å². The number of ether oxygens (including phenoxy) is 1. The number of nitrogens with zero attached hydrogens (tertiary/aromatic N) is 1. The zero-order valence-corrected chi connectivity index (χ0v) is 17.6. The molecular weight excluding hydrogens is 388 g/mol. The van der Waals surface area contributed by atoms with Crippen LogP contribution in [0.3, 0.4) is 0 Å². The van der Waals surface area contributed by atoms with Gasteiger partial charge in [-0.25, -0.2) is 0 Å². The number of carbonyl (C=O) groups excluding carboxylic acids is 2. The minimum absolute atomic E-state index is 0.134. The third-order valence-corrected chi connectivity index (χ3v) is 5.48. The lowest BCUT2D eigenvalue weighted by molar-refractivity contribution is -0.125. The van der Waals surface area contributed by atoms with Gasteiger partial charge in [0, 0.05) is 17.7 Å². The average Bonchev–Trinajstić information content (AvgIpc) is 3.08. The molecule has 31 heavy (non-hydrogen) atoms. The Hall–Kier alpha value is -3.60. The van der Waals surface area contributed by atoms with Gasteiger partial charge in [0.15, 0.2) is 0 Å². The summed E-state index contributed by atoms with van der Waals surface area (Å²) in [6.07, 6.45) is 0.738. The van der Waals surface area contributed by atoms with E-state index in [0.29, 0.717) is 25.3 Å². The van der Waals surface area contributed by atoms with Crippen LogP contribution in [0, 0.1) is 0 Å². The molecule has 3 aromatic rings. The quantitative estimate of drug-likeness (QED) is 0.603. The summed E-state index contributed by atoms with van der Waals surface area (Å²) < 4.78 is 5.73. The summed E-state index contributed by atoms with van der Waals surface area (Å²) >= 11 is 0. The normalized spacial score (nSPS) is 14.9. The van der Waals surface area contributed by atoms with Crippen molar-refractivity contribution in [3.63, 3.8) is 0 Å². The van der Waals surface area contributed by atoms with Gasteiger partial charge < -0.3 is 15.0 Å². The van der Waals surface area contributed by atoms with E-state index in [-0.39, 0.29) is 11.8 Å². The monoisotopic (exact) mass is 414 g/mol. The first kappa shape index (κ1) is 20.7. The van der Waals surface area contributed by atoms with Gasteiger partial charge in [0.1, 0.15) is 11.8 Å². The molecule has 1 aliphatic rings. The number of amides is 2. The SMILES string of the molecule is CCOc1ccccc1CN1C(=O)c2ccccc2[C@H]1C(=O)NCCc1ccccc1. The van der Waals surface area contributed by atoms with E-state index in [1.807, 2.05) is 79.7 Å². The second-order valence-corrected chi connectivity index (χ2v) is 7.49. The molecule has 0 saturated heterocycles. The number of nitrogens with one attached hydrogen (secondary N) is 1. The molecule has 0 fully saturated rings. The standard InChI is InChI=1S/C26H26N2O3/c1-2-31-23-15-9-6-12-20(23)18-28-24(21-13-7-8-14-22(21)26(28)30)25(29)27-17-16-19-10-4-3-5-11-19/h3-15,24H,2,16-18H2,1H3,(H,27,29)/t24-/m0/s1. The second kappa shape index (κ2) is 9.47. The van der Waals surface area contributed by atoms with Crippen LogP contribution in [0.5, 0.6) is 5.75 Å². The minimum atomic E-state index is -0.658. The Kier molecular flexibility index (Phi) is 6.32. The molecule has 0 saturated carbocycles. The molecular formula is C26H26N2O3. The highest BCUT2D eigenvalue weighted by Gasteiger charge is 2.40. The number of hydrogen-bond acceptors (Lipinski definition) is 3. The summed E-state index contributed by atoms with van der Waals surface area (Å²) in [5.74, 6) is 0.435. The van der Waals surface area contributed by atoms with Gasteiger partial charge in [0.2, 0.25) is 5.91 Å². The Morgan fingerprint density at radius 2 is 1.68 bits per heavy atom. The van der Waals surface area contributed by atoms with E-state index in [1.165, 1.54) is 0 Å². The molecule has 0 unspecified atom stereocenters. The van der Waals surface area contributed by atoms with Gasteiger partial charge >= 0.3 is 0 Å². The van der Waals surface area contributed by atoms with Crippen molar-refractivity contribution in [3.05, 3.63) is 101 Å². The number of benzene rings is 3. The van der Waals surface area contributed by atoms with E-state index in [2.05, 4.69) is 5.32 Å². The Bertz CT molecular complexity index is 1070. The van der Waals surface area contributed by atoms with Crippen LogP contribution in [0.1, 0.15) is 40.0 Å². The molecule has 1 heterocycles. The molecule has 4 rings (SSSR count). The molecule has 1 N–H and O–H groups in total. The van der Waals surface area contributed by atoms with Crippen molar-refractivity contribution in [2.24, 2.45) is 0 Å². The number of hydrogen-bond donors (Lipinski definition) is 1. The molecule has 5 nitrogen and oxygen atoms in total. The lowest BCUT2D eigenvalue weighted by Crippen LogP contribution is -2.39. The Balaban J connectivity index is 1.55. The van der Waals surface area contributed by atoms with Crippen LogP contribution in [-0.2, 0) is 17.8 Å². The summed E-state index contributed by atoms with van der Waals surface area (Å²) in [6, 6.07) is 24.4. The number of carbonyl (C=O) groups is 2. The summed E-state index contributed by atoms with van der Waals surface area (Å²) in [7, 11) is 0. The molecule has 3 aromatic carbocycles. The first-order valence-electron chi connectivity index (χ1n) is 10.6. The first-order chi connectivity index (χ1) is 15.2. The topological polar surface area (TPSA) is 58.6 Å². The highest BCUT2D eigenvalue weighted by atomic mass is 16.5. The van der Waals surface area contributed by atoms with Gasteiger partial charge in [-0.15, -0.1) is 0 Å². The van der Waals surface area contributed by atoms with Crippen LogP contribution in [-0.4, -0.2) is 29.9 Å². The highest BCUT2D eigenvalue weighted by molar-refractivity contribution is 6.04. The molecule has 158 valence electrons. The number of rotatable bonds is 8. The predicted octanol–water partition coefficient (Wildman–Crippen LogP) is 4.14. The van der Waals surface area contributed by atoms with Crippen molar-refractivity contribution in [1.82, 2.24) is 10.2 Å². The summed E-state index contributed by atoms with van der Waals surface area (Å²) in [4.78, 5) is 28.0. The van der Waals surface area contributed by atoms with Crippen molar-refractivity contribution in [2.75, 3.05) is 13.2 Å². The zero-order chi connectivity index (χ0) is 21.6. The molecule has 0 radical (unpaired) electrons. The largest absolute Gasteiger partial charge is 0.494 e. The van der Waals surface area contributed by atoms with Gasteiger partial charge in [-0.05, 0) is 36.6 Å². The van der Waals surface area contributed by atoms with Crippen LogP contribution in [0.4, 0.5) is 0 Å². The zero-order valence-electron chi connectivity index (χ0n) is 17.6. The minimum Gasteiger partial charge on any atom is -0.494 e. The van der Waals surface area contributed by atoms with E-state index in [1.54, 1.807) is 11.0 Å². The maximum absolute atomic E-state index is 13.2. The average molecular weight is 415 g/mol. The van der Waals surface area contributed by atoms with Crippen molar-refractivity contribution in [3.8, 4) is 5.75 Å². The lowest BCUT2D eigenvalue weighted by atomic mass is 10.0. The van der Waals surface area contributed by atoms with Crippen LogP contribution in [0.2, 0.25) is 0 Å². The van der Waals surface area contributed by atoms with E-state index in [4.69, 9.17) is 4.74 Å². The van der Waals surface area contributed by atoms with Crippen molar-refractivity contribution < 1.29 is 14.3 Å².